The largest absolute Gasteiger partial charge is 0.388 e. The highest BCUT2D eigenvalue weighted by Crippen LogP contribution is 2.51. The molecule has 3 heterocycles. The fraction of sp³-hybridized carbons (Fsp3) is 0.667. The number of nitrogens with one attached hydrogen (secondary N) is 1. The van der Waals surface area contributed by atoms with Crippen molar-refractivity contribution in [1.82, 2.24) is 9.88 Å². The van der Waals surface area contributed by atoms with Crippen molar-refractivity contribution in [3.05, 3.63) is 27.9 Å². The second-order valence-corrected chi connectivity index (χ2v) is 7.91. The fourth-order valence-corrected chi connectivity index (χ4v) is 4.23. The number of anilines is 1. The van der Waals surface area contributed by atoms with Gasteiger partial charge in [-0.3, -0.25) is 14.9 Å². The Labute approximate surface area is 156 Å². The lowest BCUT2D eigenvalue weighted by Gasteiger charge is -2.38. The molecule has 2 saturated heterocycles. The molecule has 0 bridgehead atoms. The minimum Gasteiger partial charge on any atom is -0.388 e. The number of rotatable bonds is 5. The van der Waals surface area contributed by atoms with Crippen LogP contribution in [0.25, 0.3) is 0 Å². The molecule has 9 nitrogen and oxygen atoms in total. The number of likely N-dealkylation sites (tertiary alicyclic amines) is 1. The van der Waals surface area contributed by atoms with Crippen LogP contribution in [0.2, 0.25) is 0 Å². The van der Waals surface area contributed by atoms with Crippen LogP contribution in [-0.4, -0.2) is 64.3 Å². The highest BCUT2D eigenvalue weighted by molar-refractivity contribution is 5.82. The van der Waals surface area contributed by atoms with E-state index in [0.29, 0.717) is 68.9 Å². The number of nitro groups is 1. The standard InChI is InChI=1S/C18H24N4O5/c1-11-6-15(19-7-14(11)22(25)26)20-10-18(24)2-4-21(5-3-18)17(23)16-12-8-27-9-13(12)16/h6-7,12-13,16,24H,2-5,8-10H2,1H3,(H,19,20)/t12-,13+,16?. The molecule has 2 N–H and O–H groups in total. The van der Waals surface area contributed by atoms with Crippen molar-refractivity contribution < 1.29 is 19.6 Å². The summed E-state index contributed by atoms with van der Waals surface area (Å²) in [5.41, 5.74) is -0.429. The first-order valence-corrected chi connectivity index (χ1v) is 9.32. The van der Waals surface area contributed by atoms with E-state index in [1.165, 1.54) is 6.20 Å². The van der Waals surface area contributed by atoms with Gasteiger partial charge in [0.25, 0.3) is 5.69 Å². The smallest absolute Gasteiger partial charge is 0.290 e. The first kappa shape index (κ1) is 18.1. The van der Waals surface area contributed by atoms with Crippen LogP contribution in [0.4, 0.5) is 11.5 Å². The van der Waals surface area contributed by atoms with Gasteiger partial charge < -0.3 is 20.1 Å². The number of aliphatic hydroxyl groups is 1. The van der Waals surface area contributed by atoms with E-state index in [1.807, 2.05) is 4.90 Å². The lowest BCUT2D eigenvalue weighted by molar-refractivity contribution is -0.385. The van der Waals surface area contributed by atoms with Gasteiger partial charge in [0.15, 0.2) is 0 Å². The molecule has 146 valence electrons. The van der Waals surface area contributed by atoms with Crippen LogP contribution in [0, 0.1) is 34.8 Å². The van der Waals surface area contributed by atoms with Crippen LogP contribution in [0.3, 0.4) is 0 Å². The second kappa shape index (κ2) is 6.72. The normalized spacial score (nSPS) is 28.5. The van der Waals surface area contributed by atoms with E-state index in [9.17, 15) is 20.0 Å². The van der Waals surface area contributed by atoms with Gasteiger partial charge in [0.1, 0.15) is 12.0 Å². The molecule has 9 heteroatoms. The van der Waals surface area contributed by atoms with Crippen molar-refractivity contribution in [3.8, 4) is 0 Å². The van der Waals surface area contributed by atoms with E-state index in [2.05, 4.69) is 10.3 Å². The maximum absolute atomic E-state index is 12.6. The van der Waals surface area contributed by atoms with Gasteiger partial charge in [-0.2, -0.15) is 0 Å². The van der Waals surface area contributed by atoms with Gasteiger partial charge in [0, 0.05) is 31.1 Å². The number of hydrogen-bond donors (Lipinski definition) is 2. The zero-order chi connectivity index (χ0) is 19.2. The number of amides is 1. The Morgan fingerprint density at radius 2 is 2.11 bits per heavy atom. The van der Waals surface area contributed by atoms with E-state index in [4.69, 9.17) is 4.74 Å². The minimum atomic E-state index is -0.920. The number of aromatic nitrogens is 1. The third-order valence-electron chi connectivity index (χ3n) is 6.12. The van der Waals surface area contributed by atoms with E-state index in [1.54, 1.807) is 13.0 Å². The third-order valence-corrected chi connectivity index (χ3v) is 6.12. The maximum atomic E-state index is 12.6. The molecule has 3 fully saturated rings. The highest BCUT2D eigenvalue weighted by atomic mass is 16.6. The first-order chi connectivity index (χ1) is 12.9. The maximum Gasteiger partial charge on any atom is 0.290 e. The molecule has 1 saturated carbocycles. The predicted octanol–water partition coefficient (Wildman–Crippen LogP) is 0.956. The SMILES string of the molecule is Cc1cc(NCC2(O)CCN(C(=O)C3[C@H]4COC[C@@H]34)CC2)ncc1[N+](=O)[O-]. The summed E-state index contributed by atoms with van der Waals surface area (Å²) in [7, 11) is 0. The molecule has 27 heavy (non-hydrogen) atoms. The molecule has 4 rings (SSSR count). The van der Waals surface area contributed by atoms with Gasteiger partial charge >= 0.3 is 0 Å². The molecule has 0 spiro atoms. The Morgan fingerprint density at radius 1 is 1.44 bits per heavy atom. The quantitative estimate of drug-likeness (QED) is 0.580. The summed E-state index contributed by atoms with van der Waals surface area (Å²) in [6.45, 7) is 4.43. The number of carbonyl (C=O) groups is 1. The van der Waals surface area contributed by atoms with Gasteiger partial charge in [0.2, 0.25) is 5.91 Å². The average Bonchev–Trinajstić information content (AvgIpc) is 3.11. The van der Waals surface area contributed by atoms with Crippen molar-refractivity contribution in [3.63, 3.8) is 0 Å². The van der Waals surface area contributed by atoms with E-state index in [-0.39, 0.29) is 17.5 Å². The van der Waals surface area contributed by atoms with Crippen LogP contribution in [-0.2, 0) is 9.53 Å². The first-order valence-electron chi connectivity index (χ1n) is 9.32. The summed E-state index contributed by atoms with van der Waals surface area (Å²) >= 11 is 0. The number of ether oxygens (including phenoxy) is 1. The second-order valence-electron chi connectivity index (χ2n) is 7.91. The van der Waals surface area contributed by atoms with Crippen molar-refractivity contribution >= 4 is 17.4 Å². The summed E-state index contributed by atoms with van der Waals surface area (Å²) in [4.78, 5) is 28.9. The molecule has 0 radical (unpaired) electrons. The Bertz CT molecular complexity index is 752. The van der Waals surface area contributed by atoms with Gasteiger partial charge in [-0.15, -0.1) is 0 Å². The summed E-state index contributed by atoms with van der Waals surface area (Å²) in [5.74, 6) is 1.62. The van der Waals surface area contributed by atoms with Gasteiger partial charge in [-0.05, 0) is 37.7 Å². The molecule has 3 atom stereocenters. The molecular weight excluding hydrogens is 352 g/mol. The lowest BCUT2D eigenvalue weighted by Crippen LogP contribution is -2.50. The fourth-order valence-electron chi connectivity index (χ4n) is 4.23. The Hall–Kier alpha value is -2.26. The summed E-state index contributed by atoms with van der Waals surface area (Å²) in [6, 6.07) is 1.61. The molecule has 3 aliphatic rings. The minimum absolute atomic E-state index is 0.0266. The van der Waals surface area contributed by atoms with E-state index < -0.39 is 10.5 Å². The predicted molar refractivity (Wildman–Crippen MR) is 96.2 cm³/mol. The molecular formula is C18H24N4O5. The third kappa shape index (κ3) is 3.49. The van der Waals surface area contributed by atoms with Gasteiger partial charge in [-0.25, -0.2) is 4.98 Å². The molecule has 1 aromatic rings. The van der Waals surface area contributed by atoms with Crippen molar-refractivity contribution in [2.24, 2.45) is 17.8 Å². The van der Waals surface area contributed by atoms with Crippen LogP contribution in [0.1, 0.15) is 18.4 Å². The zero-order valence-electron chi connectivity index (χ0n) is 15.3. The highest BCUT2D eigenvalue weighted by Gasteiger charge is 2.59. The van der Waals surface area contributed by atoms with Crippen molar-refractivity contribution in [1.29, 1.82) is 0 Å². The molecule has 1 aromatic heterocycles. The zero-order valence-corrected chi connectivity index (χ0v) is 15.3. The lowest BCUT2D eigenvalue weighted by atomic mass is 9.91. The van der Waals surface area contributed by atoms with Crippen LogP contribution < -0.4 is 5.32 Å². The van der Waals surface area contributed by atoms with E-state index >= 15 is 0 Å². The van der Waals surface area contributed by atoms with Crippen LogP contribution in [0.5, 0.6) is 0 Å². The number of hydrogen-bond acceptors (Lipinski definition) is 7. The van der Waals surface area contributed by atoms with Crippen molar-refractivity contribution in [2.75, 3.05) is 38.2 Å². The number of carbonyl (C=O) groups excluding carboxylic acids is 1. The van der Waals surface area contributed by atoms with Crippen LogP contribution >= 0.6 is 0 Å². The van der Waals surface area contributed by atoms with Crippen molar-refractivity contribution in [2.45, 2.75) is 25.4 Å². The number of aryl methyl sites for hydroxylation is 1. The molecule has 2 aliphatic heterocycles. The topological polar surface area (TPSA) is 118 Å². The Kier molecular flexibility index (Phi) is 4.51. The molecule has 0 aromatic carbocycles. The monoisotopic (exact) mass is 376 g/mol. The Morgan fingerprint density at radius 3 is 2.70 bits per heavy atom. The molecule has 1 aliphatic carbocycles. The van der Waals surface area contributed by atoms with Crippen LogP contribution in [0.15, 0.2) is 12.3 Å². The van der Waals surface area contributed by atoms with Gasteiger partial charge in [-0.1, -0.05) is 0 Å². The summed E-state index contributed by atoms with van der Waals surface area (Å²) in [5, 5.41) is 24.7. The molecule has 1 unspecified atom stereocenters. The molecule has 1 amide bonds. The average molecular weight is 376 g/mol. The number of nitrogens with zero attached hydrogens (tertiary/aromatic N) is 3. The number of pyridine rings is 1. The van der Waals surface area contributed by atoms with Gasteiger partial charge in [0.05, 0.1) is 23.7 Å². The number of piperidine rings is 1. The van der Waals surface area contributed by atoms with E-state index in [0.717, 1.165) is 0 Å². The summed E-state index contributed by atoms with van der Waals surface area (Å²) < 4.78 is 5.35. The Balaban J connectivity index is 1.29. The summed E-state index contributed by atoms with van der Waals surface area (Å²) in [6.07, 6.45) is 2.21. The number of fused-ring (bicyclic) bond motifs is 1.